The number of hydrogen-bond acceptors (Lipinski definition) is 4. The predicted octanol–water partition coefficient (Wildman–Crippen LogP) is 3.38. The molecule has 0 saturated heterocycles. The third-order valence-electron chi connectivity index (χ3n) is 5.72. The van der Waals surface area contributed by atoms with Crippen LogP contribution in [0, 0.1) is 5.92 Å². The summed E-state index contributed by atoms with van der Waals surface area (Å²) in [5, 5.41) is 2.93. The molecule has 3 rings (SSSR count). The number of Topliss-reactive ketones (excluding diaryl/α,β-unsaturated/α-hetero) is 1. The topological polar surface area (TPSA) is 72.5 Å². The van der Waals surface area contributed by atoms with E-state index < -0.39 is 5.97 Å². The lowest BCUT2D eigenvalue weighted by Gasteiger charge is -2.26. The Bertz CT molecular complexity index is 704. The summed E-state index contributed by atoms with van der Waals surface area (Å²) in [6.45, 7) is 1.96. The number of hydrogen-bond donors (Lipinski definition) is 1. The van der Waals surface area contributed by atoms with E-state index in [1.807, 2.05) is 18.2 Å². The van der Waals surface area contributed by atoms with Crippen LogP contribution in [0.2, 0.25) is 0 Å². The zero-order valence-electron chi connectivity index (χ0n) is 16.1. The van der Waals surface area contributed by atoms with Gasteiger partial charge in [0.1, 0.15) is 0 Å². The van der Waals surface area contributed by atoms with Crippen molar-refractivity contribution in [1.29, 1.82) is 0 Å². The SMILES string of the molecule is CC1CCC(NC(=O)COC(=O)CCC(=O)c2ccc3c(c2)CCC3)CC1. The number of benzene rings is 1. The summed E-state index contributed by atoms with van der Waals surface area (Å²) in [4.78, 5) is 36.1. The summed E-state index contributed by atoms with van der Waals surface area (Å²) in [7, 11) is 0. The van der Waals surface area contributed by atoms with Crippen molar-refractivity contribution in [3.05, 3.63) is 34.9 Å². The summed E-state index contributed by atoms with van der Waals surface area (Å²) >= 11 is 0. The molecule has 0 aliphatic heterocycles. The van der Waals surface area contributed by atoms with Crippen molar-refractivity contribution in [3.63, 3.8) is 0 Å². The monoisotopic (exact) mass is 371 g/mol. The minimum Gasteiger partial charge on any atom is -0.456 e. The molecular weight excluding hydrogens is 342 g/mol. The fraction of sp³-hybridized carbons (Fsp3) is 0.591. The highest BCUT2D eigenvalue weighted by Gasteiger charge is 2.20. The maximum absolute atomic E-state index is 12.3. The highest BCUT2D eigenvalue weighted by atomic mass is 16.5. The third kappa shape index (κ3) is 5.65. The quantitative estimate of drug-likeness (QED) is 0.589. The molecule has 1 amide bonds. The van der Waals surface area contributed by atoms with Gasteiger partial charge in [0.05, 0.1) is 6.42 Å². The zero-order valence-corrected chi connectivity index (χ0v) is 16.1. The second kappa shape index (κ2) is 9.16. The number of ketones is 1. The van der Waals surface area contributed by atoms with Gasteiger partial charge in [0.25, 0.3) is 5.91 Å². The Kier molecular flexibility index (Phi) is 6.64. The molecular formula is C22H29NO4. The van der Waals surface area contributed by atoms with E-state index in [9.17, 15) is 14.4 Å². The molecule has 5 nitrogen and oxygen atoms in total. The molecule has 5 heteroatoms. The number of esters is 1. The van der Waals surface area contributed by atoms with Gasteiger partial charge < -0.3 is 10.1 Å². The average molecular weight is 371 g/mol. The van der Waals surface area contributed by atoms with Crippen LogP contribution in [0.4, 0.5) is 0 Å². The maximum atomic E-state index is 12.3. The standard InChI is InChI=1S/C22H29NO4/c1-15-5-9-19(10-6-15)23-21(25)14-27-22(26)12-11-20(24)18-8-7-16-3-2-4-17(16)13-18/h7-8,13,15,19H,2-6,9-12,14H2,1H3,(H,23,25). The maximum Gasteiger partial charge on any atom is 0.306 e. The Balaban J connectivity index is 1.35. The Morgan fingerprint density at radius 1 is 1.04 bits per heavy atom. The molecule has 2 aliphatic carbocycles. The van der Waals surface area contributed by atoms with Gasteiger partial charge in [-0.1, -0.05) is 19.1 Å². The van der Waals surface area contributed by atoms with Gasteiger partial charge >= 0.3 is 5.97 Å². The van der Waals surface area contributed by atoms with E-state index in [1.165, 1.54) is 11.1 Å². The van der Waals surface area contributed by atoms with Crippen molar-refractivity contribution >= 4 is 17.7 Å². The minimum atomic E-state index is -0.503. The molecule has 1 saturated carbocycles. The summed E-state index contributed by atoms with van der Waals surface area (Å²) in [6.07, 6.45) is 7.56. The first kappa shape index (κ1) is 19.6. The van der Waals surface area contributed by atoms with Crippen LogP contribution in [-0.2, 0) is 27.2 Å². The first-order valence-electron chi connectivity index (χ1n) is 10.1. The molecule has 0 aromatic heterocycles. The smallest absolute Gasteiger partial charge is 0.306 e. The molecule has 0 spiro atoms. The third-order valence-corrected chi connectivity index (χ3v) is 5.72. The van der Waals surface area contributed by atoms with Crippen molar-refractivity contribution in [2.24, 2.45) is 5.92 Å². The van der Waals surface area contributed by atoms with Crippen LogP contribution in [0.1, 0.15) is 73.4 Å². The molecule has 1 N–H and O–H groups in total. The van der Waals surface area contributed by atoms with Crippen LogP contribution >= 0.6 is 0 Å². The van der Waals surface area contributed by atoms with Crippen LogP contribution in [0.3, 0.4) is 0 Å². The number of aryl methyl sites for hydroxylation is 2. The zero-order chi connectivity index (χ0) is 19.2. The fourth-order valence-electron chi connectivity index (χ4n) is 4.00. The Morgan fingerprint density at radius 3 is 2.56 bits per heavy atom. The molecule has 27 heavy (non-hydrogen) atoms. The van der Waals surface area contributed by atoms with Crippen molar-refractivity contribution in [2.75, 3.05) is 6.61 Å². The number of carbonyl (C=O) groups excluding carboxylic acids is 3. The van der Waals surface area contributed by atoms with Gasteiger partial charge in [0, 0.05) is 18.0 Å². The molecule has 146 valence electrons. The lowest BCUT2D eigenvalue weighted by Crippen LogP contribution is -2.39. The Morgan fingerprint density at radius 2 is 1.78 bits per heavy atom. The second-order valence-electron chi connectivity index (χ2n) is 7.95. The number of amides is 1. The molecule has 0 radical (unpaired) electrons. The van der Waals surface area contributed by atoms with E-state index in [0.717, 1.165) is 50.9 Å². The summed E-state index contributed by atoms with van der Waals surface area (Å²) in [6, 6.07) is 6.00. The first-order valence-corrected chi connectivity index (χ1v) is 10.1. The highest BCUT2D eigenvalue weighted by Crippen LogP contribution is 2.24. The number of ether oxygens (including phenoxy) is 1. The number of carbonyl (C=O) groups is 3. The molecule has 0 heterocycles. The van der Waals surface area contributed by atoms with Gasteiger partial charge in [-0.2, -0.15) is 0 Å². The number of fused-ring (bicyclic) bond motifs is 1. The van der Waals surface area contributed by atoms with E-state index in [1.54, 1.807) is 0 Å². The van der Waals surface area contributed by atoms with Crippen molar-refractivity contribution in [2.45, 2.75) is 70.8 Å². The Labute approximate surface area is 160 Å². The van der Waals surface area contributed by atoms with Crippen LogP contribution in [0.25, 0.3) is 0 Å². The van der Waals surface area contributed by atoms with E-state index in [4.69, 9.17) is 4.74 Å². The van der Waals surface area contributed by atoms with Gasteiger partial charge in [0.2, 0.25) is 0 Å². The molecule has 0 unspecified atom stereocenters. The predicted molar refractivity (Wildman–Crippen MR) is 103 cm³/mol. The molecule has 0 bridgehead atoms. The minimum absolute atomic E-state index is 0.00411. The van der Waals surface area contributed by atoms with Crippen LogP contribution in [-0.4, -0.2) is 30.3 Å². The van der Waals surface area contributed by atoms with Gasteiger partial charge in [-0.05, 0) is 68.1 Å². The number of nitrogens with one attached hydrogen (secondary N) is 1. The first-order chi connectivity index (χ1) is 13.0. The van der Waals surface area contributed by atoms with Crippen LogP contribution < -0.4 is 5.32 Å². The van der Waals surface area contributed by atoms with E-state index in [-0.39, 0.29) is 37.2 Å². The highest BCUT2D eigenvalue weighted by molar-refractivity contribution is 5.98. The van der Waals surface area contributed by atoms with Gasteiger partial charge in [-0.3, -0.25) is 14.4 Å². The normalized spacial score (nSPS) is 21.4. The summed E-state index contributed by atoms with van der Waals surface area (Å²) in [5.74, 6) is -0.0913. The molecule has 1 fully saturated rings. The average Bonchev–Trinajstić information content (AvgIpc) is 3.14. The Hall–Kier alpha value is -2.17. The van der Waals surface area contributed by atoms with Crippen molar-refractivity contribution < 1.29 is 19.1 Å². The van der Waals surface area contributed by atoms with Gasteiger partial charge in [-0.25, -0.2) is 0 Å². The summed E-state index contributed by atoms with van der Waals surface area (Å²) in [5.41, 5.74) is 3.23. The van der Waals surface area contributed by atoms with E-state index in [0.29, 0.717) is 5.56 Å². The van der Waals surface area contributed by atoms with Crippen LogP contribution in [0.5, 0.6) is 0 Å². The van der Waals surface area contributed by atoms with Crippen molar-refractivity contribution in [1.82, 2.24) is 5.32 Å². The molecule has 1 aromatic rings. The van der Waals surface area contributed by atoms with Crippen LogP contribution in [0.15, 0.2) is 18.2 Å². The molecule has 0 atom stereocenters. The largest absolute Gasteiger partial charge is 0.456 e. The molecule has 2 aliphatic rings. The van der Waals surface area contributed by atoms with E-state index >= 15 is 0 Å². The lowest BCUT2D eigenvalue weighted by molar-refractivity contribution is -0.148. The van der Waals surface area contributed by atoms with Crippen molar-refractivity contribution in [3.8, 4) is 0 Å². The van der Waals surface area contributed by atoms with Gasteiger partial charge in [-0.15, -0.1) is 0 Å². The molecule has 1 aromatic carbocycles. The second-order valence-corrected chi connectivity index (χ2v) is 7.95. The summed E-state index contributed by atoms with van der Waals surface area (Å²) < 4.78 is 5.02. The van der Waals surface area contributed by atoms with Gasteiger partial charge in [0.15, 0.2) is 12.4 Å². The van der Waals surface area contributed by atoms with E-state index in [2.05, 4.69) is 12.2 Å². The fourth-order valence-corrected chi connectivity index (χ4v) is 4.00. The lowest BCUT2D eigenvalue weighted by atomic mass is 9.87. The number of rotatable bonds is 7.